The number of carboxylic acids is 2. The quantitative estimate of drug-likeness (QED) is 0.142. The molecular weight excluding hydrogens is 656 g/mol. The fourth-order valence-corrected chi connectivity index (χ4v) is 6.35. The molecule has 0 aromatic heterocycles. The van der Waals surface area contributed by atoms with Crippen LogP contribution in [0.25, 0.3) is 0 Å². The van der Waals surface area contributed by atoms with Crippen molar-refractivity contribution in [3.63, 3.8) is 0 Å². The maximum absolute atomic E-state index is 13.2. The van der Waals surface area contributed by atoms with E-state index < -0.39 is 84.9 Å². The van der Waals surface area contributed by atoms with Gasteiger partial charge in [-0.1, -0.05) is 18.2 Å². The molecule has 0 bridgehead atoms. The summed E-state index contributed by atoms with van der Waals surface area (Å²) < 4.78 is 34.1. The number of fused-ring (bicyclic) bond motifs is 6. The van der Waals surface area contributed by atoms with E-state index in [1.54, 1.807) is 24.3 Å². The molecule has 0 radical (unpaired) electrons. The third-order valence-corrected chi connectivity index (χ3v) is 8.79. The van der Waals surface area contributed by atoms with Gasteiger partial charge in [-0.15, -0.1) is 0 Å². The summed E-state index contributed by atoms with van der Waals surface area (Å²) in [6.45, 7) is 0. The van der Waals surface area contributed by atoms with Crippen LogP contribution < -0.4 is 14.2 Å². The molecule has 4 heterocycles. The highest BCUT2D eigenvalue weighted by atomic mass is 16.7. The summed E-state index contributed by atoms with van der Waals surface area (Å²) in [6.07, 6.45) is -18.7. The van der Waals surface area contributed by atoms with Gasteiger partial charge in [-0.25, -0.2) is 14.4 Å². The molecule has 49 heavy (non-hydrogen) atoms. The van der Waals surface area contributed by atoms with Crippen molar-refractivity contribution in [2.75, 3.05) is 0 Å². The van der Waals surface area contributed by atoms with E-state index in [2.05, 4.69) is 0 Å². The first-order valence-electron chi connectivity index (χ1n) is 14.8. The Bertz CT molecular complexity index is 1730. The molecule has 7 rings (SSSR count). The first-order chi connectivity index (χ1) is 23.3. The Kier molecular flexibility index (Phi) is 7.96. The highest BCUT2D eigenvalue weighted by Gasteiger charge is 2.54. The molecule has 0 unspecified atom stereocenters. The third kappa shape index (κ3) is 5.15. The van der Waals surface area contributed by atoms with E-state index in [0.717, 1.165) is 0 Å². The second kappa shape index (κ2) is 11.9. The summed E-state index contributed by atoms with van der Waals surface area (Å²) in [5.41, 5.74) is -0.211. The summed E-state index contributed by atoms with van der Waals surface area (Å²) in [4.78, 5) is 36.3. The van der Waals surface area contributed by atoms with E-state index in [9.17, 15) is 55.2 Å². The van der Waals surface area contributed by atoms with Gasteiger partial charge >= 0.3 is 17.9 Å². The number of carbonyl (C=O) groups excluding carboxylic acids is 1. The smallest absolute Gasteiger partial charge is 0.340 e. The van der Waals surface area contributed by atoms with Crippen molar-refractivity contribution in [1.82, 2.24) is 0 Å². The molecule has 3 aromatic rings. The summed E-state index contributed by atoms with van der Waals surface area (Å²) in [5, 5.41) is 80.2. The zero-order valence-electron chi connectivity index (χ0n) is 24.8. The van der Waals surface area contributed by atoms with Crippen molar-refractivity contribution in [2.45, 2.75) is 67.0 Å². The van der Waals surface area contributed by atoms with Crippen LogP contribution in [0.5, 0.6) is 23.0 Å². The number of carboxylic acid groups (broad SMARTS) is 2. The standard InChI is InChI=1S/C32H28O17/c33-19-21(35)25(27(39)40)47-30(23(19)37)44-11-5-7-15-17(9-11)46-18-10-12(45-31-24(38)20(34)22(36)26(48-31)28(41)42)6-8-16(18)32(15)14-4-2-1-3-13(14)29(43)49-32/h1-10,19-26,30-31,33-38H,(H,39,40)(H,41,42)/t19-,20-,21-,22-,23+,24+,25-,26-,30+,31+/m0/s1. The molecule has 3 aromatic carbocycles. The second-order valence-electron chi connectivity index (χ2n) is 11.7. The average Bonchev–Trinajstić information content (AvgIpc) is 3.37. The van der Waals surface area contributed by atoms with Crippen LogP contribution in [-0.4, -0.2) is 120 Å². The van der Waals surface area contributed by atoms with Crippen molar-refractivity contribution in [3.8, 4) is 23.0 Å². The fraction of sp³-hybridized carbons (Fsp3) is 0.344. The molecule has 4 aliphatic heterocycles. The molecule has 258 valence electrons. The monoisotopic (exact) mass is 684 g/mol. The third-order valence-electron chi connectivity index (χ3n) is 8.79. The predicted octanol–water partition coefficient (Wildman–Crippen LogP) is -1.20. The van der Waals surface area contributed by atoms with Gasteiger partial charge in [0.2, 0.25) is 12.6 Å². The van der Waals surface area contributed by atoms with Crippen LogP contribution in [0.1, 0.15) is 27.0 Å². The number of esters is 1. The van der Waals surface area contributed by atoms with Gasteiger partial charge in [0.25, 0.3) is 0 Å². The van der Waals surface area contributed by atoms with Gasteiger partial charge < -0.3 is 69.3 Å². The first-order valence-corrected chi connectivity index (χ1v) is 14.8. The lowest BCUT2D eigenvalue weighted by Gasteiger charge is -2.39. The number of hydrogen-bond acceptors (Lipinski definition) is 15. The highest BCUT2D eigenvalue weighted by molar-refractivity contribution is 5.97. The lowest BCUT2D eigenvalue weighted by atomic mass is 9.77. The molecule has 10 atom stereocenters. The number of ether oxygens (including phenoxy) is 6. The van der Waals surface area contributed by atoms with Crippen molar-refractivity contribution < 1.29 is 83.7 Å². The molecule has 0 saturated carbocycles. The lowest BCUT2D eigenvalue weighted by Crippen LogP contribution is -2.61. The van der Waals surface area contributed by atoms with Crippen LogP contribution in [0.2, 0.25) is 0 Å². The van der Waals surface area contributed by atoms with Gasteiger partial charge in [0.05, 0.1) is 5.56 Å². The molecule has 0 aliphatic carbocycles. The normalized spacial score (nSPS) is 32.6. The molecule has 17 nitrogen and oxygen atoms in total. The fourth-order valence-electron chi connectivity index (χ4n) is 6.35. The van der Waals surface area contributed by atoms with Crippen LogP contribution in [0.15, 0.2) is 60.7 Å². The summed E-state index contributed by atoms with van der Waals surface area (Å²) in [7, 11) is 0. The van der Waals surface area contributed by atoms with E-state index in [4.69, 9.17) is 28.4 Å². The Balaban J connectivity index is 1.26. The maximum Gasteiger partial charge on any atom is 0.340 e. The van der Waals surface area contributed by atoms with Gasteiger partial charge in [-0.2, -0.15) is 0 Å². The number of hydrogen-bond donors (Lipinski definition) is 8. The van der Waals surface area contributed by atoms with E-state index in [1.165, 1.54) is 36.4 Å². The van der Waals surface area contributed by atoms with Gasteiger partial charge in [-0.3, -0.25) is 0 Å². The average molecular weight is 685 g/mol. The lowest BCUT2D eigenvalue weighted by molar-refractivity contribution is -0.271. The van der Waals surface area contributed by atoms with Crippen LogP contribution in [-0.2, 0) is 29.4 Å². The molecule has 17 heteroatoms. The summed E-state index contributed by atoms with van der Waals surface area (Å²) in [5.74, 6) is -3.86. The molecular formula is C32H28O17. The number of benzene rings is 3. The minimum absolute atomic E-state index is 0.0470. The first kappa shape index (κ1) is 32.7. The van der Waals surface area contributed by atoms with Crippen LogP contribution in [0.4, 0.5) is 0 Å². The van der Waals surface area contributed by atoms with E-state index >= 15 is 0 Å². The number of carbonyl (C=O) groups is 3. The van der Waals surface area contributed by atoms with Crippen LogP contribution in [0, 0.1) is 0 Å². The van der Waals surface area contributed by atoms with Crippen molar-refractivity contribution >= 4 is 17.9 Å². The summed E-state index contributed by atoms with van der Waals surface area (Å²) in [6, 6.07) is 15.1. The molecule has 2 fully saturated rings. The highest BCUT2D eigenvalue weighted by Crippen LogP contribution is 2.57. The van der Waals surface area contributed by atoms with Gasteiger partial charge in [0.1, 0.15) is 59.6 Å². The van der Waals surface area contributed by atoms with Crippen molar-refractivity contribution in [2.24, 2.45) is 0 Å². The predicted molar refractivity (Wildman–Crippen MR) is 155 cm³/mol. The number of rotatable bonds is 6. The second-order valence-corrected chi connectivity index (χ2v) is 11.7. The molecule has 2 saturated heterocycles. The molecule has 8 N–H and O–H groups in total. The van der Waals surface area contributed by atoms with Gasteiger partial charge in [0, 0.05) is 28.8 Å². The molecule has 0 amide bonds. The maximum atomic E-state index is 13.2. The van der Waals surface area contributed by atoms with Crippen molar-refractivity contribution in [1.29, 1.82) is 0 Å². The zero-order chi connectivity index (χ0) is 34.9. The molecule has 4 aliphatic rings. The van der Waals surface area contributed by atoms with E-state index in [-0.39, 0.29) is 28.6 Å². The largest absolute Gasteiger partial charge is 0.479 e. The zero-order valence-corrected chi connectivity index (χ0v) is 24.8. The van der Waals surface area contributed by atoms with Gasteiger partial charge in [-0.05, 0) is 30.3 Å². The number of aliphatic hydroxyl groups excluding tert-OH is 6. The number of aliphatic hydroxyl groups is 6. The topological polar surface area (TPSA) is 268 Å². The minimum atomic E-state index is -1.94. The molecule has 1 spiro atoms. The van der Waals surface area contributed by atoms with E-state index in [1.807, 2.05) is 0 Å². The summed E-state index contributed by atoms with van der Waals surface area (Å²) >= 11 is 0. The Morgan fingerprint density at radius 1 is 0.612 bits per heavy atom. The Morgan fingerprint density at radius 2 is 1.08 bits per heavy atom. The minimum Gasteiger partial charge on any atom is -0.479 e. The van der Waals surface area contributed by atoms with Gasteiger partial charge in [0.15, 0.2) is 17.8 Å². The Morgan fingerprint density at radius 3 is 1.55 bits per heavy atom. The Labute approximate surface area is 274 Å². The van der Waals surface area contributed by atoms with Crippen molar-refractivity contribution in [3.05, 3.63) is 82.9 Å². The van der Waals surface area contributed by atoms with E-state index in [0.29, 0.717) is 16.7 Å². The Hall–Kier alpha value is -4.85. The van der Waals surface area contributed by atoms with Crippen LogP contribution >= 0.6 is 0 Å². The van der Waals surface area contributed by atoms with Crippen LogP contribution in [0.3, 0.4) is 0 Å². The SMILES string of the molecule is O=C1OC2(c3ccc(O[C@@H]4O[C@H](C(=O)O)[C@@H](O)[C@H](O)[C@H]4O)cc3Oc3cc(O[C@@H]4O[C@H](C(=O)O)[C@@H](O)[C@H](O)[C@H]4O)ccc32)c2ccccc21. The number of aliphatic carboxylic acids is 2.